The minimum atomic E-state index is -0.269. The molecule has 1 saturated heterocycles. The third-order valence-corrected chi connectivity index (χ3v) is 4.55. The second-order valence-electron chi connectivity index (χ2n) is 6.09. The predicted octanol–water partition coefficient (Wildman–Crippen LogP) is 0.984. The molecule has 132 valence electrons. The van der Waals surface area contributed by atoms with E-state index in [2.05, 4.69) is 5.32 Å². The highest BCUT2D eigenvalue weighted by molar-refractivity contribution is 5.97. The maximum Gasteiger partial charge on any atom is 0.222 e. The molecule has 0 bridgehead atoms. The van der Waals surface area contributed by atoms with Gasteiger partial charge in [0.1, 0.15) is 11.5 Å². The summed E-state index contributed by atoms with van der Waals surface area (Å²) in [5.74, 6) is 0.144. The van der Waals surface area contributed by atoms with Gasteiger partial charge in [-0.05, 0) is 25.5 Å². The van der Waals surface area contributed by atoms with Crippen LogP contribution in [-0.4, -0.2) is 48.4 Å². The molecule has 7 heteroatoms. The van der Waals surface area contributed by atoms with Crippen LogP contribution >= 0.6 is 0 Å². The minimum absolute atomic E-state index is 0.0136. The zero-order chi connectivity index (χ0) is 18.0. The molecule has 2 N–H and O–H groups in total. The molecule has 1 aromatic heterocycles. The Morgan fingerprint density at radius 1 is 1.36 bits per heavy atom. The van der Waals surface area contributed by atoms with Crippen LogP contribution in [-0.2, 0) is 11.2 Å². The van der Waals surface area contributed by atoms with Crippen molar-refractivity contribution in [3.8, 4) is 5.75 Å². The van der Waals surface area contributed by atoms with E-state index in [1.165, 1.54) is 12.1 Å². The van der Waals surface area contributed by atoms with E-state index < -0.39 is 0 Å². The summed E-state index contributed by atoms with van der Waals surface area (Å²) in [7, 11) is 0. The van der Waals surface area contributed by atoms with Crippen LogP contribution in [0.2, 0.25) is 0 Å². The Hall–Kier alpha value is -2.67. The van der Waals surface area contributed by atoms with Crippen LogP contribution in [0, 0.1) is 6.92 Å². The Morgan fingerprint density at radius 2 is 2.08 bits per heavy atom. The molecule has 1 aliphatic heterocycles. The molecule has 0 spiro atoms. The van der Waals surface area contributed by atoms with Crippen molar-refractivity contribution in [2.24, 2.45) is 0 Å². The number of phenolic OH excluding ortho intramolecular Hbond substituents is 1. The predicted molar refractivity (Wildman–Crippen MR) is 92.0 cm³/mol. The molecule has 0 aliphatic carbocycles. The van der Waals surface area contributed by atoms with Gasteiger partial charge in [-0.3, -0.25) is 14.4 Å². The summed E-state index contributed by atoms with van der Waals surface area (Å²) in [5.41, 5.74) is 0.198. The fourth-order valence-corrected chi connectivity index (χ4v) is 3.12. The zero-order valence-electron chi connectivity index (χ0n) is 14.0. The van der Waals surface area contributed by atoms with Crippen LogP contribution < -0.4 is 10.7 Å². The lowest BCUT2D eigenvalue weighted by Crippen LogP contribution is -2.46. The highest BCUT2D eigenvalue weighted by Crippen LogP contribution is 2.26. The SMILES string of the molecule is Cc1oc2c(C=O)c(O)ccc2c(=O)c1CCC(=O)N1CCNCC1. The van der Waals surface area contributed by atoms with Gasteiger partial charge in [0.2, 0.25) is 5.91 Å². The van der Waals surface area contributed by atoms with Gasteiger partial charge in [0.25, 0.3) is 0 Å². The fourth-order valence-electron chi connectivity index (χ4n) is 3.12. The van der Waals surface area contributed by atoms with Gasteiger partial charge >= 0.3 is 0 Å². The van der Waals surface area contributed by atoms with Crippen molar-refractivity contribution in [1.82, 2.24) is 10.2 Å². The Bertz CT molecular complexity index is 881. The second-order valence-corrected chi connectivity index (χ2v) is 6.09. The van der Waals surface area contributed by atoms with Crippen LogP contribution in [0.4, 0.5) is 0 Å². The molecule has 2 heterocycles. The molecule has 25 heavy (non-hydrogen) atoms. The lowest BCUT2D eigenvalue weighted by atomic mass is 10.0. The number of rotatable bonds is 4. The summed E-state index contributed by atoms with van der Waals surface area (Å²) in [6, 6.07) is 2.73. The van der Waals surface area contributed by atoms with Gasteiger partial charge in [-0.1, -0.05) is 0 Å². The molecule has 0 atom stereocenters. The van der Waals surface area contributed by atoms with E-state index >= 15 is 0 Å². The molecule has 0 saturated carbocycles. The fraction of sp³-hybridized carbons (Fsp3) is 0.389. The van der Waals surface area contributed by atoms with E-state index in [9.17, 15) is 19.5 Å². The number of hydrogen-bond acceptors (Lipinski definition) is 6. The molecule has 1 aromatic carbocycles. The lowest BCUT2D eigenvalue weighted by molar-refractivity contribution is -0.131. The van der Waals surface area contributed by atoms with Crippen LogP contribution in [0.25, 0.3) is 11.0 Å². The summed E-state index contributed by atoms with van der Waals surface area (Å²) >= 11 is 0. The number of hydrogen-bond donors (Lipinski definition) is 2. The molecule has 0 radical (unpaired) electrons. The van der Waals surface area contributed by atoms with E-state index in [-0.39, 0.29) is 46.5 Å². The van der Waals surface area contributed by atoms with Crippen LogP contribution in [0.5, 0.6) is 5.75 Å². The number of phenols is 1. The van der Waals surface area contributed by atoms with Crippen LogP contribution in [0.3, 0.4) is 0 Å². The number of nitrogens with one attached hydrogen (secondary N) is 1. The number of aldehydes is 1. The molecule has 2 aromatic rings. The average Bonchev–Trinajstić information content (AvgIpc) is 2.62. The van der Waals surface area contributed by atoms with E-state index in [1.807, 2.05) is 0 Å². The van der Waals surface area contributed by atoms with Crippen molar-refractivity contribution in [1.29, 1.82) is 0 Å². The largest absolute Gasteiger partial charge is 0.507 e. The number of carbonyl (C=O) groups is 2. The molecule has 3 rings (SSSR count). The number of nitrogens with zero attached hydrogens (tertiary/aromatic N) is 1. The smallest absolute Gasteiger partial charge is 0.222 e. The molecular formula is C18H20N2O5. The number of carbonyl (C=O) groups excluding carboxylic acids is 2. The van der Waals surface area contributed by atoms with Gasteiger partial charge in [0.15, 0.2) is 17.3 Å². The van der Waals surface area contributed by atoms with Crippen molar-refractivity contribution >= 4 is 23.2 Å². The topological polar surface area (TPSA) is 99.8 Å². The number of aryl methyl sites for hydroxylation is 1. The van der Waals surface area contributed by atoms with Crippen molar-refractivity contribution in [3.63, 3.8) is 0 Å². The maximum absolute atomic E-state index is 12.7. The van der Waals surface area contributed by atoms with Gasteiger partial charge in [-0.25, -0.2) is 0 Å². The number of amides is 1. The van der Waals surface area contributed by atoms with Gasteiger partial charge in [0.05, 0.1) is 10.9 Å². The molecule has 1 amide bonds. The number of fused-ring (bicyclic) bond motifs is 1. The summed E-state index contributed by atoms with van der Waals surface area (Å²) in [4.78, 5) is 38.0. The third-order valence-electron chi connectivity index (χ3n) is 4.55. The highest BCUT2D eigenvalue weighted by atomic mass is 16.3. The first-order chi connectivity index (χ1) is 12.0. The minimum Gasteiger partial charge on any atom is -0.507 e. The monoisotopic (exact) mass is 344 g/mol. The van der Waals surface area contributed by atoms with E-state index in [4.69, 9.17) is 4.42 Å². The zero-order valence-corrected chi connectivity index (χ0v) is 14.0. The Balaban J connectivity index is 1.89. The van der Waals surface area contributed by atoms with Crippen molar-refractivity contribution < 1.29 is 19.1 Å². The number of piperazine rings is 1. The first-order valence-corrected chi connectivity index (χ1v) is 8.25. The summed E-state index contributed by atoms with van der Waals surface area (Å²) < 4.78 is 5.63. The summed E-state index contributed by atoms with van der Waals surface area (Å²) in [5, 5.41) is 13.2. The van der Waals surface area contributed by atoms with Gasteiger partial charge in [0, 0.05) is 38.2 Å². The molecule has 7 nitrogen and oxygen atoms in total. The Morgan fingerprint density at radius 3 is 2.76 bits per heavy atom. The standard InChI is InChI=1S/C18H20N2O5/c1-11-12(3-5-16(23)20-8-6-19-7-9-20)17(24)13-2-4-15(22)14(10-21)18(13)25-11/h2,4,10,19,22H,3,5-9H2,1H3. The van der Waals surface area contributed by atoms with E-state index in [0.29, 0.717) is 30.7 Å². The van der Waals surface area contributed by atoms with Crippen molar-refractivity contribution in [3.05, 3.63) is 39.2 Å². The average molecular weight is 344 g/mol. The van der Waals surface area contributed by atoms with Gasteiger partial charge in [-0.2, -0.15) is 0 Å². The summed E-state index contributed by atoms with van der Waals surface area (Å²) in [6.07, 6.45) is 0.980. The normalized spacial score (nSPS) is 14.7. The Kier molecular flexibility index (Phi) is 4.85. The van der Waals surface area contributed by atoms with E-state index in [1.54, 1.807) is 11.8 Å². The third kappa shape index (κ3) is 3.28. The van der Waals surface area contributed by atoms with Crippen molar-refractivity contribution in [2.75, 3.05) is 26.2 Å². The second kappa shape index (κ2) is 7.06. The Labute approximate surface area is 144 Å². The van der Waals surface area contributed by atoms with Crippen molar-refractivity contribution in [2.45, 2.75) is 19.8 Å². The maximum atomic E-state index is 12.7. The highest BCUT2D eigenvalue weighted by Gasteiger charge is 2.20. The van der Waals surface area contributed by atoms with Gasteiger partial charge in [-0.15, -0.1) is 0 Å². The van der Waals surface area contributed by atoms with Crippen LogP contribution in [0.15, 0.2) is 21.3 Å². The summed E-state index contributed by atoms with van der Waals surface area (Å²) in [6.45, 7) is 4.53. The quantitative estimate of drug-likeness (QED) is 0.802. The number of benzene rings is 1. The molecular weight excluding hydrogens is 324 g/mol. The molecule has 0 unspecified atom stereocenters. The molecule has 1 aliphatic rings. The first-order valence-electron chi connectivity index (χ1n) is 8.25. The first kappa shape index (κ1) is 17.2. The lowest BCUT2D eigenvalue weighted by Gasteiger charge is -2.27. The number of aromatic hydroxyl groups is 1. The van der Waals surface area contributed by atoms with Gasteiger partial charge < -0.3 is 19.7 Å². The van der Waals surface area contributed by atoms with E-state index in [0.717, 1.165) is 13.1 Å². The van der Waals surface area contributed by atoms with Crippen LogP contribution in [0.1, 0.15) is 28.1 Å². The molecule has 1 fully saturated rings.